The van der Waals surface area contributed by atoms with Gasteiger partial charge in [-0.15, -0.1) is 0 Å². The Morgan fingerprint density at radius 1 is 2.00 bits per heavy atom. The Kier molecular flexibility index (Phi) is 2.96. The van der Waals surface area contributed by atoms with Gasteiger partial charge >= 0.3 is 0 Å². The van der Waals surface area contributed by atoms with Crippen molar-refractivity contribution in [1.82, 2.24) is 0 Å². The lowest BCUT2D eigenvalue weighted by Gasteiger charge is -1.82. The molecule has 0 radical (unpaired) electrons. The monoisotopic (exact) mass is 100 g/mol. The van der Waals surface area contributed by atoms with Crippen LogP contribution in [0.2, 0.25) is 0 Å². The van der Waals surface area contributed by atoms with E-state index in [2.05, 4.69) is 22.3 Å². The molecule has 2 N–H and O–H groups in total. The van der Waals surface area contributed by atoms with Gasteiger partial charge in [-0.2, -0.15) is 5.90 Å². The van der Waals surface area contributed by atoms with Gasteiger partial charge in [0.2, 0.25) is 6.40 Å². The van der Waals surface area contributed by atoms with E-state index in [1.165, 1.54) is 0 Å². The summed E-state index contributed by atoms with van der Waals surface area (Å²) in [6.45, 7) is 5.20. The summed E-state index contributed by atoms with van der Waals surface area (Å²) in [6, 6.07) is 0. The molecule has 0 aliphatic rings. The molecule has 0 spiro atoms. The van der Waals surface area contributed by atoms with E-state index in [-0.39, 0.29) is 0 Å². The maximum atomic E-state index is 4.59. The largest absolute Gasteiger partial charge is 0.399 e. The minimum atomic E-state index is 0.672. The van der Waals surface area contributed by atoms with Crippen LogP contribution in [0.1, 0.15) is 6.92 Å². The molecule has 0 rings (SSSR count). The summed E-state index contributed by atoms with van der Waals surface area (Å²) in [6.07, 6.45) is 1.13. The summed E-state index contributed by atoms with van der Waals surface area (Å²) in [5.74, 6) is 4.59. The van der Waals surface area contributed by atoms with E-state index >= 15 is 0 Å². The lowest BCUT2D eigenvalue weighted by molar-refractivity contribution is 0.337. The van der Waals surface area contributed by atoms with Gasteiger partial charge in [0.25, 0.3) is 0 Å². The molecule has 7 heavy (non-hydrogen) atoms. The lowest BCUT2D eigenvalue weighted by Crippen LogP contribution is -1.93. The van der Waals surface area contributed by atoms with Crippen molar-refractivity contribution in [3.8, 4) is 0 Å². The fourth-order valence-corrected chi connectivity index (χ4v) is 0.120. The Bertz CT molecular complexity index is 87.7. The van der Waals surface area contributed by atoms with Gasteiger partial charge in [0.15, 0.2) is 0 Å². The van der Waals surface area contributed by atoms with Crippen LogP contribution < -0.4 is 5.90 Å². The molecule has 0 amide bonds. The highest BCUT2D eigenvalue weighted by molar-refractivity contribution is 5.47. The molecule has 3 heteroatoms. The molecule has 0 aromatic rings. The zero-order valence-electron chi connectivity index (χ0n) is 4.22. The Balaban J connectivity index is 3.26. The van der Waals surface area contributed by atoms with Crippen molar-refractivity contribution in [2.24, 2.45) is 10.9 Å². The van der Waals surface area contributed by atoms with Crippen molar-refractivity contribution in [1.29, 1.82) is 0 Å². The molecule has 0 unspecified atom stereocenters. The third-order valence-corrected chi connectivity index (χ3v) is 0.334. The van der Waals surface area contributed by atoms with Crippen molar-refractivity contribution in [3.63, 3.8) is 0 Å². The minimum absolute atomic E-state index is 0.672. The van der Waals surface area contributed by atoms with Gasteiger partial charge < -0.3 is 4.84 Å². The number of rotatable bonds is 2. The van der Waals surface area contributed by atoms with Crippen molar-refractivity contribution >= 4 is 6.40 Å². The normalized spacial score (nSPS) is 9.43. The smallest absolute Gasteiger partial charge is 0.200 e. The number of hydrogen-bond donors (Lipinski definition) is 1. The van der Waals surface area contributed by atoms with Crippen molar-refractivity contribution in [2.75, 3.05) is 0 Å². The quantitative estimate of drug-likeness (QED) is 0.311. The zero-order chi connectivity index (χ0) is 5.70. The second-order valence-electron chi connectivity index (χ2n) is 1.11. The van der Waals surface area contributed by atoms with Crippen LogP contribution in [-0.4, -0.2) is 6.40 Å². The van der Waals surface area contributed by atoms with Gasteiger partial charge in [0, 0.05) is 5.70 Å². The van der Waals surface area contributed by atoms with Crippen LogP contribution in [0.4, 0.5) is 0 Å². The van der Waals surface area contributed by atoms with E-state index in [0.29, 0.717) is 5.70 Å². The number of aliphatic imine (C=N–C) groups is 1. The highest BCUT2D eigenvalue weighted by atomic mass is 16.6. The molecular weight excluding hydrogens is 92.1 g/mol. The van der Waals surface area contributed by atoms with Crippen molar-refractivity contribution < 1.29 is 4.84 Å². The minimum Gasteiger partial charge on any atom is -0.399 e. The fraction of sp³-hybridized carbons (Fsp3) is 0.250. The number of hydrogen-bond acceptors (Lipinski definition) is 3. The van der Waals surface area contributed by atoms with Gasteiger partial charge in [0.1, 0.15) is 0 Å². The van der Waals surface area contributed by atoms with E-state index in [9.17, 15) is 0 Å². The molecule has 3 nitrogen and oxygen atoms in total. The standard InChI is InChI=1S/C4H8N2O/c1-4(2)6-3-7-5/h3H,1,5H2,2H3/b6-3-. The topological polar surface area (TPSA) is 47.6 Å². The maximum Gasteiger partial charge on any atom is 0.200 e. The summed E-state index contributed by atoms with van der Waals surface area (Å²) >= 11 is 0. The molecule has 0 aliphatic heterocycles. The summed E-state index contributed by atoms with van der Waals surface area (Å²) in [4.78, 5) is 7.58. The zero-order valence-corrected chi connectivity index (χ0v) is 4.22. The summed E-state index contributed by atoms with van der Waals surface area (Å²) in [5.41, 5.74) is 0.672. The van der Waals surface area contributed by atoms with Gasteiger partial charge in [-0.1, -0.05) is 6.58 Å². The molecule has 0 saturated carbocycles. The Hall–Kier alpha value is -0.830. The van der Waals surface area contributed by atoms with Gasteiger partial charge in [-0.05, 0) is 6.92 Å². The molecule has 0 aliphatic carbocycles. The average Bonchev–Trinajstić information content (AvgIpc) is 1.61. The number of nitrogens with zero attached hydrogens (tertiary/aromatic N) is 1. The third-order valence-electron chi connectivity index (χ3n) is 0.334. The maximum absolute atomic E-state index is 4.59. The van der Waals surface area contributed by atoms with E-state index in [0.717, 1.165) is 6.40 Å². The van der Waals surface area contributed by atoms with Crippen LogP contribution in [0.15, 0.2) is 17.3 Å². The molecule has 0 aromatic carbocycles. The molecule has 0 saturated heterocycles. The predicted octanol–water partition coefficient (Wildman–Crippen LogP) is 0.439. The van der Waals surface area contributed by atoms with Gasteiger partial charge in [-0.25, -0.2) is 4.99 Å². The molecule has 40 valence electrons. The second kappa shape index (κ2) is 3.36. The summed E-state index contributed by atoms with van der Waals surface area (Å²) in [7, 11) is 0. The van der Waals surface area contributed by atoms with E-state index in [1.807, 2.05) is 0 Å². The first-order valence-electron chi connectivity index (χ1n) is 1.81. The highest BCUT2D eigenvalue weighted by Crippen LogP contribution is 1.83. The van der Waals surface area contributed by atoms with Crippen LogP contribution in [-0.2, 0) is 4.84 Å². The van der Waals surface area contributed by atoms with Crippen molar-refractivity contribution in [2.45, 2.75) is 6.92 Å². The predicted molar refractivity (Wildman–Crippen MR) is 28.6 cm³/mol. The Morgan fingerprint density at radius 3 is 2.71 bits per heavy atom. The lowest BCUT2D eigenvalue weighted by atomic mass is 10.6. The third kappa shape index (κ3) is 5.17. The van der Waals surface area contributed by atoms with E-state index < -0.39 is 0 Å². The van der Waals surface area contributed by atoms with Crippen LogP contribution in [0, 0.1) is 0 Å². The average molecular weight is 100 g/mol. The van der Waals surface area contributed by atoms with E-state index in [4.69, 9.17) is 0 Å². The Labute approximate surface area is 42.4 Å². The second-order valence-corrected chi connectivity index (χ2v) is 1.11. The van der Waals surface area contributed by atoms with Crippen LogP contribution in [0.3, 0.4) is 0 Å². The first-order chi connectivity index (χ1) is 3.27. The van der Waals surface area contributed by atoms with Crippen LogP contribution in [0.25, 0.3) is 0 Å². The first-order valence-corrected chi connectivity index (χ1v) is 1.81. The Morgan fingerprint density at radius 2 is 2.57 bits per heavy atom. The van der Waals surface area contributed by atoms with Crippen molar-refractivity contribution in [3.05, 3.63) is 12.3 Å². The summed E-state index contributed by atoms with van der Waals surface area (Å²) < 4.78 is 0. The van der Waals surface area contributed by atoms with Crippen LogP contribution in [0.5, 0.6) is 0 Å². The fourth-order valence-electron chi connectivity index (χ4n) is 0.120. The molecule has 0 atom stereocenters. The van der Waals surface area contributed by atoms with Gasteiger partial charge in [-0.3, -0.25) is 0 Å². The molecular formula is C4H8N2O. The summed E-state index contributed by atoms with van der Waals surface area (Å²) in [5, 5.41) is 0. The molecule has 0 fully saturated rings. The SMILES string of the molecule is C=C(C)/N=C\ON. The van der Waals surface area contributed by atoms with E-state index in [1.54, 1.807) is 6.92 Å². The highest BCUT2D eigenvalue weighted by Gasteiger charge is 1.68. The van der Waals surface area contributed by atoms with Crippen LogP contribution >= 0.6 is 0 Å². The number of nitrogens with two attached hydrogens (primary N) is 1. The molecule has 0 aromatic heterocycles. The van der Waals surface area contributed by atoms with Gasteiger partial charge in [0.05, 0.1) is 0 Å². The molecule has 0 bridgehead atoms. The first kappa shape index (κ1) is 6.17. The number of allylic oxidation sites excluding steroid dienone is 1. The molecule has 0 heterocycles.